The molecule has 0 fully saturated rings. The molecular formula is C22H21F2N5O2S. The van der Waals surface area contributed by atoms with E-state index < -0.39 is 11.9 Å². The Morgan fingerprint density at radius 3 is 2.47 bits per heavy atom. The van der Waals surface area contributed by atoms with Crippen molar-refractivity contribution >= 4 is 29.1 Å². The third-order valence-corrected chi connectivity index (χ3v) is 5.91. The molecule has 3 rings (SSSR count). The molecule has 0 saturated heterocycles. The fourth-order valence-corrected chi connectivity index (χ4v) is 4.39. The van der Waals surface area contributed by atoms with Gasteiger partial charge in [-0.05, 0) is 51.1 Å². The maximum absolute atomic E-state index is 13.2. The Labute approximate surface area is 188 Å². The van der Waals surface area contributed by atoms with E-state index in [0.29, 0.717) is 22.0 Å². The number of alkyl halides is 2. The number of Topliss-reactive ketones (excluding diaryl/α,β-unsaturated/α-hetero) is 1. The van der Waals surface area contributed by atoms with Gasteiger partial charge in [0, 0.05) is 28.7 Å². The predicted molar refractivity (Wildman–Crippen MR) is 119 cm³/mol. The molecule has 0 aliphatic rings. The minimum absolute atomic E-state index is 0.0507. The maximum atomic E-state index is 13.2. The van der Waals surface area contributed by atoms with Gasteiger partial charge in [-0.3, -0.25) is 4.79 Å². The van der Waals surface area contributed by atoms with Gasteiger partial charge in [-0.2, -0.15) is 14.0 Å². The van der Waals surface area contributed by atoms with Gasteiger partial charge in [-0.1, -0.05) is 11.8 Å². The highest BCUT2D eigenvalue weighted by Crippen LogP contribution is 2.32. The molecule has 0 aliphatic heterocycles. The summed E-state index contributed by atoms with van der Waals surface area (Å²) in [6.07, 6.45) is 0. The van der Waals surface area contributed by atoms with Crippen LogP contribution in [0.3, 0.4) is 0 Å². The first-order valence-corrected chi connectivity index (χ1v) is 10.4. The molecule has 2 heterocycles. The fraction of sp³-hybridized carbons (Fsp3) is 0.227. The zero-order valence-corrected chi connectivity index (χ0v) is 18.4. The number of hydrogen-bond acceptors (Lipinski definition) is 7. The normalized spacial score (nSPS) is 11.9. The van der Waals surface area contributed by atoms with Gasteiger partial charge >= 0.3 is 6.61 Å². The number of ether oxygens (including phenoxy) is 1. The Morgan fingerprint density at radius 1 is 1.22 bits per heavy atom. The number of ketones is 1. The van der Waals surface area contributed by atoms with E-state index in [9.17, 15) is 18.8 Å². The predicted octanol–water partition coefficient (Wildman–Crippen LogP) is 4.49. The number of rotatable bonds is 7. The number of nitrogen functional groups attached to an aromatic ring is 2. The molecule has 0 radical (unpaired) electrons. The number of thioether (sulfide) groups is 1. The summed E-state index contributed by atoms with van der Waals surface area (Å²) in [4.78, 5) is 17.4. The first kappa shape index (κ1) is 23.1. The van der Waals surface area contributed by atoms with E-state index in [2.05, 4.69) is 9.72 Å². The van der Waals surface area contributed by atoms with E-state index in [4.69, 9.17) is 11.5 Å². The average Bonchev–Trinajstić information content (AvgIpc) is 3.01. The van der Waals surface area contributed by atoms with Crippen LogP contribution >= 0.6 is 11.8 Å². The Morgan fingerprint density at radius 2 is 1.88 bits per heavy atom. The lowest BCUT2D eigenvalue weighted by Crippen LogP contribution is -2.15. The topological polar surface area (TPSA) is 120 Å². The smallest absolute Gasteiger partial charge is 0.387 e. The van der Waals surface area contributed by atoms with Gasteiger partial charge in [0.25, 0.3) is 0 Å². The van der Waals surface area contributed by atoms with Crippen LogP contribution < -0.4 is 16.2 Å². The second-order valence-electron chi connectivity index (χ2n) is 7.05. The molecule has 1 unspecified atom stereocenters. The number of hydrogen-bond donors (Lipinski definition) is 2. The number of benzene rings is 1. The molecule has 10 heteroatoms. The minimum atomic E-state index is -2.90. The van der Waals surface area contributed by atoms with Crippen LogP contribution in [0.15, 0.2) is 41.4 Å². The summed E-state index contributed by atoms with van der Waals surface area (Å²) in [5.41, 5.74) is 14.7. The number of carbonyl (C=O) groups excluding carboxylic acids is 1. The molecule has 1 aromatic carbocycles. The van der Waals surface area contributed by atoms with Crippen LogP contribution in [0.4, 0.5) is 20.3 Å². The SMILES string of the molecule is Cc1cc(C(=O)C(C)Sc2nc(N)cc(N)c2C#N)c(C)n1-c1ccc(OC(F)F)cc1. The minimum Gasteiger partial charge on any atom is -0.435 e. The molecule has 2 aromatic heterocycles. The lowest BCUT2D eigenvalue weighted by Gasteiger charge is -2.13. The van der Waals surface area contributed by atoms with Crippen molar-refractivity contribution in [3.8, 4) is 17.5 Å². The lowest BCUT2D eigenvalue weighted by atomic mass is 10.1. The van der Waals surface area contributed by atoms with Crippen LogP contribution in [0.2, 0.25) is 0 Å². The molecule has 1 atom stereocenters. The third-order valence-electron chi connectivity index (χ3n) is 4.82. The van der Waals surface area contributed by atoms with Crippen LogP contribution in [0.25, 0.3) is 5.69 Å². The Bertz CT molecular complexity index is 1200. The second-order valence-corrected chi connectivity index (χ2v) is 8.37. The monoisotopic (exact) mass is 457 g/mol. The van der Waals surface area contributed by atoms with Crippen molar-refractivity contribution in [1.82, 2.24) is 9.55 Å². The molecule has 32 heavy (non-hydrogen) atoms. The summed E-state index contributed by atoms with van der Waals surface area (Å²) in [6, 6.07) is 11.3. The number of aryl methyl sites for hydroxylation is 1. The summed E-state index contributed by atoms with van der Waals surface area (Å²) >= 11 is 1.11. The number of pyridine rings is 1. The summed E-state index contributed by atoms with van der Waals surface area (Å²) < 4.78 is 31.0. The van der Waals surface area contributed by atoms with Crippen LogP contribution in [0, 0.1) is 25.2 Å². The average molecular weight is 458 g/mol. The van der Waals surface area contributed by atoms with E-state index in [-0.39, 0.29) is 28.6 Å². The summed E-state index contributed by atoms with van der Waals surface area (Å²) in [5, 5.41) is 9.11. The van der Waals surface area contributed by atoms with Gasteiger partial charge in [0.1, 0.15) is 28.2 Å². The standard InChI is InChI=1S/C22H21F2N5O2S/c1-11-8-16(12(2)29(11)14-4-6-15(7-5-14)31-22(23)24)20(30)13(3)32-21-17(10-25)18(26)9-19(27)28-21/h4-9,13,22H,1-3H3,(H4,26,27,28). The van der Waals surface area contributed by atoms with Gasteiger partial charge < -0.3 is 20.8 Å². The number of anilines is 2. The molecule has 166 valence electrons. The quantitative estimate of drug-likeness (QED) is 0.396. The van der Waals surface area contributed by atoms with E-state index in [1.54, 1.807) is 32.0 Å². The van der Waals surface area contributed by atoms with Crippen molar-refractivity contribution in [2.45, 2.75) is 37.7 Å². The zero-order valence-electron chi connectivity index (χ0n) is 17.6. The number of nitriles is 1. The molecule has 4 N–H and O–H groups in total. The van der Waals surface area contributed by atoms with E-state index >= 15 is 0 Å². The van der Waals surface area contributed by atoms with Gasteiger partial charge in [0.05, 0.1) is 10.9 Å². The molecule has 0 saturated carbocycles. The summed E-state index contributed by atoms with van der Waals surface area (Å²) in [6.45, 7) is 2.47. The van der Waals surface area contributed by atoms with E-state index in [1.165, 1.54) is 18.2 Å². The Balaban J connectivity index is 1.88. The van der Waals surface area contributed by atoms with Crippen molar-refractivity contribution in [3.63, 3.8) is 0 Å². The van der Waals surface area contributed by atoms with E-state index in [0.717, 1.165) is 17.5 Å². The number of carbonyl (C=O) groups is 1. The second kappa shape index (κ2) is 9.28. The van der Waals surface area contributed by atoms with Gasteiger partial charge in [0.15, 0.2) is 5.78 Å². The highest BCUT2D eigenvalue weighted by atomic mass is 32.2. The number of nitrogens with zero attached hydrogens (tertiary/aromatic N) is 3. The van der Waals surface area contributed by atoms with Gasteiger partial charge in [0.2, 0.25) is 0 Å². The van der Waals surface area contributed by atoms with Gasteiger partial charge in [-0.15, -0.1) is 0 Å². The fourth-order valence-electron chi connectivity index (χ4n) is 3.38. The van der Waals surface area contributed by atoms with Crippen molar-refractivity contribution in [1.29, 1.82) is 5.26 Å². The molecular weight excluding hydrogens is 436 g/mol. The zero-order chi connectivity index (χ0) is 23.6. The van der Waals surface area contributed by atoms with Crippen molar-refractivity contribution in [2.75, 3.05) is 11.5 Å². The van der Waals surface area contributed by atoms with Crippen molar-refractivity contribution < 1.29 is 18.3 Å². The third kappa shape index (κ3) is 4.68. The van der Waals surface area contributed by atoms with Crippen LogP contribution in [0.1, 0.15) is 34.2 Å². The molecule has 0 spiro atoms. The van der Waals surface area contributed by atoms with E-state index in [1.807, 2.05) is 17.6 Å². The summed E-state index contributed by atoms with van der Waals surface area (Å²) in [5.74, 6) is 0.0644. The van der Waals surface area contributed by atoms with Crippen LogP contribution in [0.5, 0.6) is 5.75 Å². The Hall–Kier alpha value is -3.58. The van der Waals surface area contributed by atoms with Crippen LogP contribution in [-0.2, 0) is 0 Å². The highest BCUT2D eigenvalue weighted by molar-refractivity contribution is 8.00. The van der Waals surface area contributed by atoms with Gasteiger partial charge in [-0.25, -0.2) is 4.98 Å². The Kier molecular flexibility index (Phi) is 6.69. The molecule has 3 aromatic rings. The molecule has 0 bridgehead atoms. The number of nitrogens with two attached hydrogens (primary N) is 2. The van der Waals surface area contributed by atoms with Crippen LogP contribution in [-0.4, -0.2) is 27.2 Å². The first-order chi connectivity index (χ1) is 15.1. The van der Waals surface area contributed by atoms with Crippen molar-refractivity contribution in [2.24, 2.45) is 0 Å². The molecule has 0 aliphatic carbocycles. The first-order valence-electron chi connectivity index (χ1n) is 9.53. The molecule has 7 nitrogen and oxygen atoms in total. The maximum Gasteiger partial charge on any atom is 0.387 e. The number of aromatic nitrogens is 2. The van der Waals surface area contributed by atoms with Crippen molar-refractivity contribution in [3.05, 3.63) is 58.9 Å². The number of halogens is 2. The molecule has 0 amide bonds. The largest absolute Gasteiger partial charge is 0.435 e. The summed E-state index contributed by atoms with van der Waals surface area (Å²) in [7, 11) is 0. The highest BCUT2D eigenvalue weighted by Gasteiger charge is 2.24. The lowest BCUT2D eigenvalue weighted by molar-refractivity contribution is -0.0498.